The Morgan fingerprint density at radius 2 is 1.86 bits per heavy atom. The molecular formula is C22H25N5O. The largest absolute Gasteiger partial charge is 0.298 e. The summed E-state index contributed by atoms with van der Waals surface area (Å²) in [4.78, 5) is 26.6. The van der Waals surface area contributed by atoms with E-state index in [9.17, 15) is 4.79 Å². The van der Waals surface area contributed by atoms with E-state index in [0.29, 0.717) is 31.4 Å². The van der Waals surface area contributed by atoms with Crippen LogP contribution in [0.15, 0.2) is 47.4 Å². The number of rotatable bonds is 3. The lowest BCUT2D eigenvalue weighted by atomic mass is 10.1. The van der Waals surface area contributed by atoms with Crippen LogP contribution in [0.2, 0.25) is 0 Å². The summed E-state index contributed by atoms with van der Waals surface area (Å²) in [7, 11) is 0. The molecule has 0 saturated carbocycles. The van der Waals surface area contributed by atoms with E-state index in [1.807, 2.05) is 32.0 Å². The van der Waals surface area contributed by atoms with E-state index in [4.69, 9.17) is 4.98 Å². The van der Waals surface area contributed by atoms with Crippen LogP contribution in [-0.2, 0) is 13.2 Å². The third-order valence-corrected chi connectivity index (χ3v) is 5.30. The first-order chi connectivity index (χ1) is 13.4. The Kier molecular flexibility index (Phi) is 4.73. The van der Waals surface area contributed by atoms with E-state index >= 15 is 0 Å². The summed E-state index contributed by atoms with van der Waals surface area (Å²) in [6.07, 6.45) is 1.80. The molecule has 3 heterocycles. The lowest BCUT2D eigenvalue weighted by Gasteiger charge is -2.38. The molecule has 4 rings (SSSR count). The molecule has 28 heavy (non-hydrogen) atoms. The van der Waals surface area contributed by atoms with Crippen molar-refractivity contribution in [3.05, 3.63) is 81.0 Å². The minimum absolute atomic E-state index is 0.0167. The smallest absolute Gasteiger partial charge is 0.259 e. The minimum Gasteiger partial charge on any atom is -0.298 e. The lowest BCUT2D eigenvalue weighted by Crippen LogP contribution is -2.47. The summed E-state index contributed by atoms with van der Waals surface area (Å²) in [5, 5.41) is 0. The molecule has 6 nitrogen and oxygen atoms in total. The van der Waals surface area contributed by atoms with Gasteiger partial charge in [0, 0.05) is 29.7 Å². The van der Waals surface area contributed by atoms with E-state index in [1.54, 1.807) is 10.8 Å². The fourth-order valence-electron chi connectivity index (χ4n) is 3.70. The molecule has 0 amide bonds. The number of aryl methyl sites for hydroxylation is 3. The van der Waals surface area contributed by atoms with Crippen LogP contribution in [0.4, 0.5) is 11.6 Å². The number of hydrogen-bond acceptors (Lipinski definition) is 5. The Morgan fingerprint density at radius 1 is 1.04 bits per heavy atom. The second-order valence-corrected chi connectivity index (χ2v) is 7.51. The molecule has 1 aliphatic heterocycles. The van der Waals surface area contributed by atoms with E-state index in [0.717, 1.165) is 17.1 Å². The van der Waals surface area contributed by atoms with E-state index in [1.165, 1.54) is 11.1 Å². The summed E-state index contributed by atoms with van der Waals surface area (Å²) in [5.41, 5.74) is 5.93. The average Bonchev–Trinajstić information content (AvgIpc) is 2.67. The number of aromatic nitrogens is 3. The monoisotopic (exact) mass is 375 g/mol. The Morgan fingerprint density at radius 3 is 2.57 bits per heavy atom. The first-order valence-electron chi connectivity index (χ1n) is 9.49. The van der Waals surface area contributed by atoms with Crippen molar-refractivity contribution < 1.29 is 0 Å². The van der Waals surface area contributed by atoms with Crippen LogP contribution < -0.4 is 10.5 Å². The molecule has 0 N–H and O–H groups in total. The van der Waals surface area contributed by atoms with Crippen LogP contribution in [0.1, 0.15) is 28.1 Å². The number of hydrogen-bond donors (Lipinski definition) is 0. The van der Waals surface area contributed by atoms with Gasteiger partial charge in [0.25, 0.3) is 5.56 Å². The SMILES string of the molecule is Cc1ccc(N2CN(Cc3ccccn3)Cn3c2nc(C)c(C)c3=O)c(C)c1. The summed E-state index contributed by atoms with van der Waals surface area (Å²) < 4.78 is 1.77. The van der Waals surface area contributed by atoms with Crippen LogP contribution in [0.5, 0.6) is 0 Å². The van der Waals surface area contributed by atoms with Gasteiger partial charge in [-0.25, -0.2) is 4.98 Å². The summed E-state index contributed by atoms with van der Waals surface area (Å²) in [5.74, 6) is 0.706. The predicted octanol–water partition coefficient (Wildman–Crippen LogP) is 3.44. The van der Waals surface area contributed by atoms with Crippen molar-refractivity contribution in [3.8, 4) is 0 Å². The van der Waals surface area contributed by atoms with E-state index in [2.05, 4.69) is 46.8 Å². The van der Waals surface area contributed by atoms with Crippen molar-refractivity contribution in [3.63, 3.8) is 0 Å². The maximum atomic E-state index is 13.0. The van der Waals surface area contributed by atoms with Gasteiger partial charge in [-0.15, -0.1) is 0 Å². The molecule has 144 valence electrons. The fraction of sp³-hybridized carbons (Fsp3) is 0.318. The zero-order chi connectivity index (χ0) is 19.8. The molecular weight excluding hydrogens is 350 g/mol. The van der Waals surface area contributed by atoms with Crippen molar-refractivity contribution in [2.45, 2.75) is 40.9 Å². The highest BCUT2D eigenvalue weighted by Gasteiger charge is 2.28. The number of anilines is 2. The van der Waals surface area contributed by atoms with Crippen LogP contribution in [0.25, 0.3) is 0 Å². The second kappa shape index (κ2) is 7.20. The molecule has 1 aromatic carbocycles. The molecule has 0 spiro atoms. The number of nitrogens with zero attached hydrogens (tertiary/aromatic N) is 5. The first kappa shape index (κ1) is 18.4. The summed E-state index contributed by atoms with van der Waals surface area (Å²) >= 11 is 0. The van der Waals surface area contributed by atoms with Gasteiger partial charge >= 0.3 is 0 Å². The maximum absolute atomic E-state index is 13.0. The van der Waals surface area contributed by atoms with Gasteiger partial charge in [0.2, 0.25) is 5.95 Å². The normalized spacial score (nSPS) is 14.2. The number of fused-ring (bicyclic) bond motifs is 1. The van der Waals surface area contributed by atoms with Gasteiger partial charge in [-0.2, -0.15) is 0 Å². The molecule has 0 atom stereocenters. The van der Waals surface area contributed by atoms with Crippen molar-refractivity contribution in [2.24, 2.45) is 0 Å². The van der Waals surface area contributed by atoms with Crippen LogP contribution >= 0.6 is 0 Å². The third-order valence-electron chi connectivity index (χ3n) is 5.30. The highest BCUT2D eigenvalue weighted by atomic mass is 16.1. The average molecular weight is 375 g/mol. The van der Waals surface area contributed by atoms with Crippen molar-refractivity contribution in [1.29, 1.82) is 0 Å². The molecule has 0 fully saturated rings. The summed E-state index contributed by atoms with van der Waals surface area (Å²) in [6, 6.07) is 12.3. The molecule has 0 bridgehead atoms. The van der Waals surface area contributed by atoms with Crippen molar-refractivity contribution in [2.75, 3.05) is 11.6 Å². The first-order valence-corrected chi connectivity index (χ1v) is 9.49. The quantitative estimate of drug-likeness (QED) is 0.702. The van der Waals surface area contributed by atoms with E-state index in [-0.39, 0.29) is 5.56 Å². The highest BCUT2D eigenvalue weighted by Crippen LogP contribution is 2.31. The standard InChI is InChI=1S/C22H25N5O/c1-15-8-9-20(16(2)11-15)26-13-25(12-19-7-5-6-10-23-19)14-27-21(28)17(3)18(4)24-22(26)27/h5-11H,12-14H2,1-4H3. The lowest BCUT2D eigenvalue weighted by molar-refractivity contribution is 0.187. The van der Waals surface area contributed by atoms with Crippen molar-refractivity contribution in [1.82, 2.24) is 19.4 Å². The van der Waals surface area contributed by atoms with E-state index < -0.39 is 0 Å². The molecule has 6 heteroatoms. The molecule has 2 aromatic heterocycles. The highest BCUT2D eigenvalue weighted by molar-refractivity contribution is 5.63. The van der Waals surface area contributed by atoms with Gasteiger partial charge in [0.1, 0.15) is 0 Å². The van der Waals surface area contributed by atoms with Crippen LogP contribution in [-0.4, -0.2) is 26.1 Å². The molecule has 0 radical (unpaired) electrons. The molecule has 1 aliphatic rings. The fourth-order valence-corrected chi connectivity index (χ4v) is 3.70. The zero-order valence-electron chi connectivity index (χ0n) is 16.8. The summed E-state index contributed by atoms with van der Waals surface area (Å²) in [6.45, 7) is 9.75. The van der Waals surface area contributed by atoms with Crippen molar-refractivity contribution >= 4 is 11.6 Å². The predicted molar refractivity (Wildman–Crippen MR) is 111 cm³/mol. The van der Waals surface area contributed by atoms with Gasteiger partial charge in [-0.05, 0) is 51.5 Å². The topological polar surface area (TPSA) is 54.3 Å². The van der Waals surface area contributed by atoms with Crippen LogP contribution in [0.3, 0.4) is 0 Å². The third kappa shape index (κ3) is 3.31. The second-order valence-electron chi connectivity index (χ2n) is 7.51. The minimum atomic E-state index is 0.0167. The Bertz CT molecular complexity index is 1070. The number of pyridine rings is 1. The number of benzene rings is 1. The van der Waals surface area contributed by atoms with Gasteiger partial charge in [0.15, 0.2) is 0 Å². The Balaban J connectivity index is 1.81. The molecule has 0 saturated heterocycles. The molecule has 3 aromatic rings. The van der Waals surface area contributed by atoms with Gasteiger partial charge in [-0.1, -0.05) is 23.8 Å². The Labute approximate surface area is 165 Å². The molecule has 0 unspecified atom stereocenters. The van der Waals surface area contributed by atoms with Crippen LogP contribution in [0, 0.1) is 27.7 Å². The van der Waals surface area contributed by atoms with Gasteiger partial charge in [-0.3, -0.25) is 24.1 Å². The van der Waals surface area contributed by atoms with Gasteiger partial charge < -0.3 is 0 Å². The molecule has 0 aliphatic carbocycles. The Hall–Kier alpha value is -2.99. The zero-order valence-corrected chi connectivity index (χ0v) is 16.8. The van der Waals surface area contributed by atoms with Gasteiger partial charge in [0.05, 0.1) is 19.0 Å². The maximum Gasteiger partial charge on any atom is 0.259 e.